The Labute approximate surface area is 235 Å². The van der Waals surface area contributed by atoms with Gasteiger partial charge in [-0.15, -0.1) is 0 Å². The van der Waals surface area contributed by atoms with Gasteiger partial charge in [0.2, 0.25) is 5.91 Å². The lowest BCUT2D eigenvalue weighted by Crippen LogP contribution is -2.26. The Morgan fingerprint density at radius 2 is 1.68 bits per heavy atom. The molecule has 0 saturated carbocycles. The summed E-state index contributed by atoms with van der Waals surface area (Å²) < 4.78 is 24.1. The normalized spacial score (nSPS) is 10.9. The highest BCUT2D eigenvalue weighted by Gasteiger charge is 2.17. The minimum Gasteiger partial charge on any atom is -0.497 e. The monoisotopic (exact) mass is 546 g/mol. The summed E-state index contributed by atoms with van der Waals surface area (Å²) in [5.74, 6) is 2.85. The zero-order valence-electron chi connectivity index (χ0n) is 24.2. The van der Waals surface area contributed by atoms with Gasteiger partial charge in [-0.3, -0.25) is 4.79 Å². The second-order valence-corrected chi connectivity index (χ2v) is 9.37. The number of nitrogens with one attached hydrogen (secondary N) is 1. The number of hydrogen-bond donors (Lipinski definition) is 1. The number of rotatable bonds is 13. The number of aryl methyl sites for hydroxylation is 2. The van der Waals surface area contributed by atoms with E-state index in [-0.39, 0.29) is 5.91 Å². The van der Waals surface area contributed by atoms with E-state index in [0.717, 1.165) is 50.9 Å². The molecule has 0 aliphatic rings. The smallest absolute Gasteiger partial charge is 0.220 e. The molecule has 0 bridgehead atoms. The van der Waals surface area contributed by atoms with Crippen LogP contribution >= 0.6 is 0 Å². The number of benzene rings is 2. The number of aromatic nitrogens is 3. The van der Waals surface area contributed by atoms with Crippen molar-refractivity contribution in [3.8, 4) is 34.3 Å². The summed E-state index contributed by atoms with van der Waals surface area (Å²) in [5, 5.41) is 7.85. The Kier molecular flexibility index (Phi) is 9.47. The molecule has 0 fully saturated rings. The van der Waals surface area contributed by atoms with E-state index in [0.29, 0.717) is 50.5 Å². The highest BCUT2D eigenvalue weighted by Crippen LogP contribution is 2.33. The van der Waals surface area contributed by atoms with Gasteiger partial charge in [0, 0.05) is 42.0 Å². The number of carbonyl (C=O) groups excluding carboxylic acids is 1. The van der Waals surface area contributed by atoms with Crippen LogP contribution in [0, 0.1) is 13.8 Å². The first-order valence-electron chi connectivity index (χ1n) is 13.6. The van der Waals surface area contributed by atoms with Crippen LogP contribution in [0.1, 0.15) is 42.8 Å². The van der Waals surface area contributed by atoms with Crippen LogP contribution in [0.15, 0.2) is 42.5 Å². The Morgan fingerprint density at radius 3 is 2.40 bits per heavy atom. The second kappa shape index (κ2) is 13.2. The van der Waals surface area contributed by atoms with Crippen molar-refractivity contribution < 1.29 is 23.7 Å². The van der Waals surface area contributed by atoms with Crippen molar-refractivity contribution in [2.24, 2.45) is 0 Å². The largest absolute Gasteiger partial charge is 0.497 e. The number of hydrogen-bond acceptors (Lipinski definition) is 7. The molecule has 40 heavy (non-hydrogen) atoms. The highest BCUT2D eigenvalue weighted by molar-refractivity contribution is 5.76. The van der Waals surface area contributed by atoms with Crippen molar-refractivity contribution in [3.05, 3.63) is 65.0 Å². The van der Waals surface area contributed by atoms with Gasteiger partial charge in [0.15, 0.2) is 17.1 Å². The molecule has 9 nitrogen and oxygen atoms in total. The van der Waals surface area contributed by atoms with Crippen molar-refractivity contribution in [3.63, 3.8) is 0 Å². The van der Waals surface area contributed by atoms with Gasteiger partial charge in [0.1, 0.15) is 11.5 Å². The maximum atomic E-state index is 12.7. The zero-order valence-corrected chi connectivity index (χ0v) is 24.2. The fourth-order valence-corrected chi connectivity index (χ4v) is 4.75. The molecule has 2 heterocycles. The SMILES string of the molecule is CCOc1ccc(CCNC(=O)CCc2c(C)nc3cc(-c4ccc(OC)cc4OC)nn3c2C)cc1OCC. The van der Waals surface area contributed by atoms with E-state index < -0.39 is 0 Å². The van der Waals surface area contributed by atoms with Crippen molar-refractivity contribution in [1.82, 2.24) is 19.9 Å². The van der Waals surface area contributed by atoms with Crippen molar-refractivity contribution in [1.29, 1.82) is 0 Å². The summed E-state index contributed by atoms with van der Waals surface area (Å²) in [4.78, 5) is 17.5. The van der Waals surface area contributed by atoms with Crippen LogP contribution in [0.4, 0.5) is 0 Å². The summed E-state index contributed by atoms with van der Waals surface area (Å²) in [5.41, 5.74) is 6.32. The topological polar surface area (TPSA) is 96.2 Å². The van der Waals surface area contributed by atoms with E-state index in [1.54, 1.807) is 14.2 Å². The number of amides is 1. The molecule has 2 aromatic carbocycles. The molecule has 0 aliphatic carbocycles. The Bertz CT molecular complexity index is 1480. The van der Waals surface area contributed by atoms with Crippen LogP contribution in [-0.2, 0) is 17.6 Å². The van der Waals surface area contributed by atoms with Crippen molar-refractivity contribution in [2.45, 2.75) is 47.0 Å². The minimum atomic E-state index is -0.000936. The highest BCUT2D eigenvalue weighted by atomic mass is 16.5. The van der Waals surface area contributed by atoms with E-state index in [2.05, 4.69) is 5.32 Å². The maximum absolute atomic E-state index is 12.7. The van der Waals surface area contributed by atoms with Crippen LogP contribution < -0.4 is 24.3 Å². The third-order valence-corrected chi connectivity index (χ3v) is 6.79. The molecule has 1 amide bonds. The van der Waals surface area contributed by atoms with E-state index in [9.17, 15) is 4.79 Å². The average molecular weight is 547 g/mol. The zero-order chi connectivity index (χ0) is 28.6. The lowest BCUT2D eigenvalue weighted by molar-refractivity contribution is -0.121. The molecule has 0 atom stereocenters. The van der Waals surface area contributed by atoms with Crippen LogP contribution in [0.25, 0.3) is 16.9 Å². The van der Waals surface area contributed by atoms with E-state index in [4.69, 9.17) is 29.0 Å². The van der Waals surface area contributed by atoms with Crippen LogP contribution in [0.3, 0.4) is 0 Å². The summed E-state index contributed by atoms with van der Waals surface area (Å²) in [6.07, 6.45) is 1.64. The Morgan fingerprint density at radius 1 is 0.900 bits per heavy atom. The quantitative estimate of drug-likeness (QED) is 0.249. The fourth-order valence-electron chi connectivity index (χ4n) is 4.75. The Balaban J connectivity index is 1.40. The van der Waals surface area contributed by atoms with Crippen molar-refractivity contribution in [2.75, 3.05) is 34.0 Å². The summed E-state index contributed by atoms with van der Waals surface area (Å²) in [7, 11) is 3.25. The van der Waals surface area contributed by atoms with Crippen LogP contribution in [0.5, 0.6) is 23.0 Å². The molecule has 9 heteroatoms. The number of fused-ring (bicyclic) bond motifs is 1. The molecular formula is C31H38N4O5. The number of nitrogens with zero attached hydrogens (tertiary/aromatic N) is 3. The van der Waals surface area contributed by atoms with Gasteiger partial charge in [-0.2, -0.15) is 5.10 Å². The minimum absolute atomic E-state index is 0.000936. The third kappa shape index (κ3) is 6.47. The molecule has 4 rings (SSSR count). The first kappa shape index (κ1) is 28.7. The van der Waals surface area contributed by atoms with E-state index in [1.807, 2.05) is 74.7 Å². The molecule has 0 radical (unpaired) electrons. The lowest BCUT2D eigenvalue weighted by atomic mass is 10.1. The first-order chi connectivity index (χ1) is 19.4. The number of ether oxygens (including phenoxy) is 4. The second-order valence-electron chi connectivity index (χ2n) is 9.37. The molecule has 0 saturated heterocycles. The molecular weight excluding hydrogens is 508 g/mol. The number of carbonyl (C=O) groups is 1. The molecule has 1 N–H and O–H groups in total. The van der Waals surface area contributed by atoms with Crippen LogP contribution in [-0.4, -0.2) is 54.5 Å². The summed E-state index contributed by atoms with van der Waals surface area (Å²) >= 11 is 0. The van der Waals surface area contributed by atoms with Gasteiger partial charge in [0.05, 0.1) is 33.1 Å². The van der Waals surface area contributed by atoms with Crippen molar-refractivity contribution >= 4 is 11.6 Å². The van der Waals surface area contributed by atoms with Gasteiger partial charge in [-0.1, -0.05) is 6.07 Å². The lowest BCUT2D eigenvalue weighted by Gasteiger charge is -2.13. The summed E-state index contributed by atoms with van der Waals surface area (Å²) in [6, 6.07) is 13.5. The molecule has 0 aliphatic heterocycles. The molecule has 4 aromatic rings. The first-order valence-corrected chi connectivity index (χ1v) is 13.6. The standard InChI is InChI=1S/C31H38N4O5/c1-7-39-27-13-9-22(17-29(27)40-8-2)15-16-32-31(36)14-12-24-20(3)33-30-19-26(34-35(30)21(24)4)25-11-10-23(37-5)18-28(25)38-6/h9-11,13,17-19H,7-8,12,14-16H2,1-6H3,(H,32,36). The Hall–Kier alpha value is -4.27. The van der Waals surface area contributed by atoms with Crippen LogP contribution in [0.2, 0.25) is 0 Å². The number of methoxy groups -OCH3 is 2. The molecule has 0 spiro atoms. The third-order valence-electron chi connectivity index (χ3n) is 6.79. The van der Waals surface area contributed by atoms with Gasteiger partial charge < -0.3 is 24.3 Å². The molecule has 2 aromatic heterocycles. The van der Waals surface area contributed by atoms with E-state index in [1.165, 1.54) is 0 Å². The van der Waals surface area contributed by atoms with Gasteiger partial charge >= 0.3 is 0 Å². The predicted octanol–water partition coefficient (Wildman–Crippen LogP) is 5.12. The van der Waals surface area contributed by atoms with Gasteiger partial charge in [0.25, 0.3) is 0 Å². The van der Waals surface area contributed by atoms with E-state index >= 15 is 0 Å². The molecule has 0 unspecified atom stereocenters. The maximum Gasteiger partial charge on any atom is 0.220 e. The fraction of sp³-hybridized carbons (Fsp3) is 0.387. The average Bonchev–Trinajstić information content (AvgIpc) is 3.38. The van der Waals surface area contributed by atoms with Gasteiger partial charge in [-0.05, 0) is 75.9 Å². The summed E-state index contributed by atoms with van der Waals surface area (Å²) in [6.45, 7) is 9.57. The molecule has 212 valence electrons. The van der Waals surface area contributed by atoms with Gasteiger partial charge in [-0.25, -0.2) is 9.50 Å². The predicted molar refractivity (Wildman–Crippen MR) is 155 cm³/mol.